The van der Waals surface area contributed by atoms with E-state index in [0.717, 1.165) is 77.9 Å². The first-order valence-electron chi connectivity index (χ1n) is 16.6. The lowest BCUT2D eigenvalue weighted by atomic mass is 9.99. The van der Waals surface area contributed by atoms with Crippen LogP contribution < -0.4 is 15.4 Å². The van der Waals surface area contributed by atoms with Crippen molar-refractivity contribution in [3.05, 3.63) is 121 Å². The maximum absolute atomic E-state index is 12.5. The largest absolute Gasteiger partial charge is 0.492 e. The van der Waals surface area contributed by atoms with Gasteiger partial charge in [0.1, 0.15) is 5.75 Å². The van der Waals surface area contributed by atoms with E-state index in [1.807, 2.05) is 36.4 Å². The number of anilines is 2. The highest BCUT2D eigenvalue weighted by Crippen LogP contribution is 2.28. The van der Waals surface area contributed by atoms with E-state index in [9.17, 15) is 9.59 Å². The molecule has 6 rings (SSSR count). The number of hydrogen-bond acceptors (Lipinski definition) is 5. The van der Waals surface area contributed by atoms with Crippen LogP contribution in [0.1, 0.15) is 68.8 Å². The van der Waals surface area contributed by atoms with Gasteiger partial charge in [0.2, 0.25) is 0 Å². The number of hydrogen-bond donors (Lipinski definition) is 2. The van der Waals surface area contributed by atoms with Crippen molar-refractivity contribution in [2.45, 2.75) is 52.6 Å². The molecule has 0 aromatic heterocycles. The van der Waals surface area contributed by atoms with Gasteiger partial charge in [-0.15, -0.1) is 0 Å². The molecule has 4 aromatic rings. The van der Waals surface area contributed by atoms with Gasteiger partial charge in [-0.2, -0.15) is 0 Å². The summed E-state index contributed by atoms with van der Waals surface area (Å²) in [6, 6.07) is 23.6. The fraction of sp³-hybridized carbons (Fsp3) is 0.333. The van der Waals surface area contributed by atoms with Crippen LogP contribution in [0.2, 0.25) is 0 Å². The van der Waals surface area contributed by atoms with E-state index in [0.29, 0.717) is 17.7 Å². The molecule has 0 saturated carbocycles. The smallest absolute Gasteiger partial charge is 0.255 e. The first-order valence-corrected chi connectivity index (χ1v) is 18.2. The molecular weight excluding hydrogens is 732 g/mol. The molecule has 0 spiro atoms. The number of halogens is 2. The van der Waals surface area contributed by atoms with Crippen LogP contribution in [-0.2, 0) is 32.4 Å². The Kier molecular flexibility index (Phi) is 12.5. The van der Waals surface area contributed by atoms with E-state index >= 15 is 0 Å². The molecule has 2 aliphatic heterocycles. The zero-order valence-electron chi connectivity index (χ0n) is 28.2. The molecular formula is C39H44Br2N4O3. The number of carbonyl (C=O) groups excluding carboxylic acids is 2. The normalized spacial score (nSPS) is 14.2. The predicted molar refractivity (Wildman–Crippen MR) is 202 cm³/mol. The van der Waals surface area contributed by atoms with Crippen molar-refractivity contribution in [2.24, 2.45) is 0 Å². The summed E-state index contributed by atoms with van der Waals surface area (Å²) in [5.41, 5.74) is 9.52. The molecule has 0 fully saturated rings. The standard InChI is InChI=1S/C20H23BrN2O2.C19H21BrN2O/c1-3-10-25-19-7-5-15(12-18(19)21)20(24)22-17-6-4-14-8-9-23(2)13-16(14)11-17;1-3-13-4-5-15(11-18(13)20)19(23)21-17-7-6-14-8-9-22(2)12-16(14)10-17/h4-7,11-12H,3,8-10,13H2,1-2H3,(H,22,24);4-7,10-11H,3,8-9,12H2,1-2H3,(H,21,23). The molecule has 0 radical (unpaired) electrons. The fourth-order valence-corrected chi connectivity index (χ4v) is 7.06. The minimum atomic E-state index is -0.119. The predicted octanol–water partition coefficient (Wildman–Crippen LogP) is 8.73. The first-order chi connectivity index (χ1) is 23.1. The van der Waals surface area contributed by atoms with Gasteiger partial charge in [0.05, 0.1) is 11.1 Å². The van der Waals surface area contributed by atoms with Crippen molar-refractivity contribution in [3.8, 4) is 5.75 Å². The van der Waals surface area contributed by atoms with E-state index in [-0.39, 0.29) is 11.8 Å². The second kappa shape index (κ2) is 16.7. The molecule has 9 heteroatoms. The maximum Gasteiger partial charge on any atom is 0.255 e. The molecule has 2 amide bonds. The van der Waals surface area contributed by atoms with Crippen molar-refractivity contribution >= 4 is 55.0 Å². The highest BCUT2D eigenvalue weighted by atomic mass is 79.9. The van der Waals surface area contributed by atoms with Crippen LogP contribution in [0, 0.1) is 0 Å². The summed E-state index contributed by atoms with van der Waals surface area (Å²) < 4.78 is 7.41. The third kappa shape index (κ3) is 9.35. The summed E-state index contributed by atoms with van der Waals surface area (Å²) >= 11 is 7.01. The second-order valence-electron chi connectivity index (χ2n) is 12.5. The van der Waals surface area contributed by atoms with Crippen LogP contribution in [0.4, 0.5) is 11.4 Å². The molecule has 0 saturated heterocycles. The number of aryl methyl sites for hydroxylation is 1. The maximum atomic E-state index is 12.5. The highest BCUT2D eigenvalue weighted by Gasteiger charge is 2.16. The number of likely N-dealkylation sites (N-methyl/N-ethyl adjacent to an activating group) is 2. The number of fused-ring (bicyclic) bond motifs is 2. The lowest BCUT2D eigenvalue weighted by molar-refractivity contribution is 0.101. The van der Waals surface area contributed by atoms with E-state index < -0.39 is 0 Å². The Morgan fingerprint density at radius 2 is 1.21 bits per heavy atom. The quantitative estimate of drug-likeness (QED) is 0.187. The molecule has 252 valence electrons. The van der Waals surface area contributed by atoms with Crippen molar-refractivity contribution in [1.82, 2.24) is 9.80 Å². The zero-order chi connectivity index (χ0) is 34.2. The number of benzene rings is 4. The Balaban J connectivity index is 0.000000188. The lowest BCUT2D eigenvalue weighted by Crippen LogP contribution is -2.26. The highest BCUT2D eigenvalue weighted by molar-refractivity contribution is 9.10. The monoisotopic (exact) mass is 774 g/mol. The van der Waals surface area contributed by atoms with Crippen LogP contribution >= 0.6 is 31.9 Å². The Hall–Kier alpha value is -3.50. The summed E-state index contributed by atoms with van der Waals surface area (Å²) in [6.07, 6.45) is 4.03. The number of nitrogens with zero attached hydrogens (tertiary/aromatic N) is 2. The summed E-state index contributed by atoms with van der Waals surface area (Å²) in [6.45, 7) is 8.86. The summed E-state index contributed by atoms with van der Waals surface area (Å²) in [5, 5.41) is 6.00. The molecule has 2 aliphatic rings. The number of ether oxygens (including phenoxy) is 1. The van der Waals surface area contributed by atoms with Gasteiger partial charge >= 0.3 is 0 Å². The third-order valence-corrected chi connectivity index (χ3v) is 10.0. The fourth-order valence-electron chi connectivity index (χ4n) is 5.90. The van der Waals surface area contributed by atoms with Gasteiger partial charge in [0.15, 0.2) is 0 Å². The summed E-state index contributed by atoms with van der Waals surface area (Å²) in [5.74, 6) is 0.569. The average Bonchev–Trinajstić information content (AvgIpc) is 3.07. The van der Waals surface area contributed by atoms with Gasteiger partial charge in [-0.05, 0) is 138 Å². The van der Waals surface area contributed by atoms with Crippen LogP contribution in [0.15, 0.2) is 81.7 Å². The zero-order valence-corrected chi connectivity index (χ0v) is 31.3. The molecule has 48 heavy (non-hydrogen) atoms. The number of amides is 2. The summed E-state index contributed by atoms with van der Waals surface area (Å²) in [4.78, 5) is 29.6. The molecule has 2 heterocycles. The number of carbonyl (C=O) groups is 2. The molecule has 4 aromatic carbocycles. The van der Waals surface area contributed by atoms with Gasteiger partial charge in [-0.1, -0.05) is 48.0 Å². The van der Waals surface area contributed by atoms with Gasteiger partial charge in [0.25, 0.3) is 11.8 Å². The molecule has 2 N–H and O–H groups in total. The Morgan fingerprint density at radius 1 is 0.688 bits per heavy atom. The molecule has 0 bridgehead atoms. The third-order valence-electron chi connectivity index (χ3n) is 8.69. The van der Waals surface area contributed by atoms with Crippen LogP contribution in [-0.4, -0.2) is 55.4 Å². The Morgan fingerprint density at radius 3 is 1.69 bits per heavy atom. The first kappa shape index (κ1) is 35.8. The van der Waals surface area contributed by atoms with Gasteiger partial charge in [0, 0.05) is 53.2 Å². The van der Waals surface area contributed by atoms with Gasteiger partial charge in [-0.25, -0.2) is 0 Å². The molecule has 7 nitrogen and oxygen atoms in total. The van der Waals surface area contributed by atoms with E-state index in [1.165, 1.54) is 27.8 Å². The van der Waals surface area contributed by atoms with E-state index in [2.05, 4.69) is 105 Å². The van der Waals surface area contributed by atoms with Crippen LogP contribution in [0.3, 0.4) is 0 Å². The number of nitrogens with one attached hydrogen (secondary N) is 2. The van der Waals surface area contributed by atoms with Crippen LogP contribution in [0.5, 0.6) is 5.75 Å². The molecule has 0 unspecified atom stereocenters. The Labute approximate surface area is 301 Å². The van der Waals surface area contributed by atoms with E-state index in [1.54, 1.807) is 12.1 Å². The van der Waals surface area contributed by atoms with Crippen molar-refractivity contribution < 1.29 is 14.3 Å². The topological polar surface area (TPSA) is 73.9 Å². The van der Waals surface area contributed by atoms with Gasteiger partial charge in [-0.3, -0.25) is 9.59 Å². The Bertz CT molecular complexity index is 1780. The van der Waals surface area contributed by atoms with Crippen LogP contribution in [0.25, 0.3) is 0 Å². The second-order valence-corrected chi connectivity index (χ2v) is 14.2. The SMILES string of the molecule is CCCOc1ccc(C(=O)Nc2ccc3c(c2)CN(C)CC3)cc1Br.CCc1ccc(C(=O)Nc2ccc3c(c2)CN(C)CC3)cc1Br. The molecule has 0 aliphatic carbocycles. The van der Waals surface area contributed by atoms with E-state index in [4.69, 9.17) is 4.74 Å². The summed E-state index contributed by atoms with van der Waals surface area (Å²) in [7, 11) is 4.24. The molecule has 0 atom stereocenters. The van der Waals surface area contributed by atoms with Crippen molar-refractivity contribution in [2.75, 3.05) is 44.4 Å². The minimum Gasteiger partial charge on any atom is -0.492 e. The number of rotatable bonds is 8. The lowest BCUT2D eigenvalue weighted by Gasteiger charge is -2.25. The minimum absolute atomic E-state index is 0.0718. The average molecular weight is 777 g/mol. The van der Waals surface area contributed by atoms with Crippen molar-refractivity contribution in [1.29, 1.82) is 0 Å². The van der Waals surface area contributed by atoms with Gasteiger partial charge < -0.3 is 25.2 Å². The van der Waals surface area contributed by atoms with Crippen molar-refractivity contribution in [3.63, 3.8) is 0 Å².